The molecule has 0 aliphatic heterocycles. The minimum atomic E-state index is -0.0829. The van der Waals surface area contributed by atoms with E-state index in [-0.39, 0.29) is 23.8 Å². The van der Waals surface area contributed by atoms with Gasteiger partial charge in [-0.25, -0.2) is 0 Å². The van der Waals surface area contributed by atoms with E-state index in [2.05, 4.69) is 82.9 Å². The molecule has 0 bridgehead atoms. The number of hydrogen-bond donors (Lipinski definition) is 0. The molecular formula is C41H65NO4. The van der Waals surface area contributed by atoms with E-state index in [0.717, 1.165) is 89.9 Å². The molecular weight excluding hydrogens is 570 g/mol. The first-order valence-corrected chi connectivity index (χ1v) is 18.0. The Kier molecular flexibility index (Phi) is 19.6. The Hall–Kier alpha value is -2.66. The second-order valence-electron chi connectivity index (χ2n) is 14.1. The first-order valence-electron chi connectivity index (χ1n) is 18.0. The standard InChI is InChI=1S/C41H65NO4/c1-32(2)12-8-14-34(5)16-10-18-36-20-24-38(25-21-36)40(43)45-30-28-42(7)29-31-46-41(44)39-26-22-37(23-27-39)19-11-17-35(6)15-9-13-33(3)4/h12-13,16-17,20,22,38-39H,8-11,14-15,18-19,21,23-31H2,1-7H3/b34-16+,35-17+. The predicted molar refractivity (Wildman–Crippen MR) is 194 cm³/mol. The Labute approximate surface area is 281 Å². The minimum Gasteiger partial charge on any atom is -0.464 e. The summed E-state index contributed by atoms with van der Waals surface area (Å²) in [6.45, 7) is 15.1. The Bertz CT molecular complexity index is 1040. The molecule has 46 heavy (non-hydrogen) atoms. The first-order chi connectivity index (χ1) is 22.0. The van der Waals surface area contributed by atoms with Crippen LogP contribution in [0.15, 0.2) is 69.9 Å². The van der Waals surface area contributed by atoms with Crippen LogP contribution in [0.2, 0.25) is 0 Å². The maximum Gasteiger partial charge on any atom is 0.309 e. The van der Waals surface area contributed by atoms with E-state index in [4.69, 9.17) is 9.47 Å². The van der Waals surface area contributed by atoms with Gasteiger partial charge in [0, 0.05) is 13.1 Å². The van der Waals surface area contributed by atoms with Crippen molar-refractivity contribution >= 4 is 11.9 Å². The van der Waals surface area contributed by atoms with Crippen LogP contribution >= 0.6 is 0 Å². The number of carbonyl (C=O) groups excluding carboxylic acids is 2. The van der Waals surface area contributed by atoms with Crippen LogP contribution < -0.4 is 0 Å². The lowest BCUT2D eigenvalue weighted by molar-refractivity contribution is -0.149. The molecule has 2 aliphatic rings. The van der Waals surface area contributed by atoms with Crippen molar-refractivity contribution in [2.45, 2.75) is 131 Å². The number of nitrogens with zero attached hydrogens (tertiary/aromatic N) is 1. The molecule has 0 saturated carbocycles. The summed E-state index contributed by atoms with van der Waals surface area (Å²) in [5.41, 5.74) is 8.64. The van der Waals surface area contributed by atoms with Crippen LogP contribution in [0.1, 0.15) is 131 Å². The second kappa shape index (κ2) is 22.8. The largest absolute Gasteiger partial charge is 0.464 e. The first kappa shape index (κ1) is 39.5. The summed E-state index contributed by atoms with van der Waals surface area (Å²) in [5.74, 6) is -0.222. The van der Waals surface area contributed by atoms with Gasteiger partial charge in [-0.1, -0.05) is 69.9 Å². The molecule has 5 heteroatoms. The lowest BCUT2D eigenvalue weighted by atomic mass is 9.87. The van der Waals surface area contributed by atoms with E-state index in [1.54, 1.807) is 0 Å². The van der Waals surface area contributed by atoms with Crippen molar-refractivity contribution in [2.75, 3.05) is 33.4 Å². The number of hydrogen-bond acceptors (Lipinski definition) is 5. The van der Waals surface area contributed by atoms with Gasteiger partial charge in [-0.3, -0.25) is 14.5 Å². The maximum absolute atomic E-state index is 12.6. The van der Waals surface area contributed by atoms with Gasteiger partial charge >= 0.3 is 11.9 Å². The summed E-state index contributed by atoms with van der Waals surface area (Å²) < 4.78 is 11.2. The summed E-state index contributed by atoms with van der Waals surface area (Å²) in [6, 6.07) is 0. The molecule has 0 spiro atoms. The topological polar surface area (TPSA) is 55.8 Å². The molecule has 0 amide bonds. The van der Waals surface area contributed by atoms with Gasteiger partial charge in [0.05, 0.1) is 11.8 Å². The van der Waals surface area contributed by atoms with Crippen LogP contribution in [-0.2, 0) is 19.1 Å². The Morgan fingerprint density at radius 3 is 1.43 bits per heavy atom. The Balaban J connectivity index is 1.55. The fourth-order valence-corrected chi connectivity index (χ4v) is 6.00. The van der Waals surface area contributed by atoms with Crippen LogP contribution in [-0.4, -0.2) is 50.2 Å². The average Bonchev–Trinajstić information content (AvgIpc) is 3.01. The van der Waals surface area contributed by atoms with Gasteiger partial charge < -0.3 is 9.47 Å². The smallest absolute Gasteiger partial charge is 0.309 e. The van der Waals surface area contributed by atoms with Crippen molar-refractivity contribution in [3.8, 4) is 0 Å². The van der Waals surface area contributed by atoms with E-state index >= 15 is 0 Å². The van der Waals surface area contributed by atoms with Crippen molar-refractivity contribution in [3.63, 3.8) is 0 Å². The summed E-state index contributed by atoms with van der Waals surface area (Å²) in [7, 11) is 1.97. The Morgan fingerprint density at radius 2 is 1.09 bits per heavy atom. The zero-order valence-corrected chi connectivity index (χ0v) is 30.4. The molecule has 0 aromatic rings. The average molecular weight is 636 g/mol. The lowest BCUT2D eigenvalue weighted by Crippen LogP contribution is -2.30. The number of ether oxygens (including phenoxy) is 2. The van der Waals surface area contributed by atoms with Crippen molar-refractivity contribution in [2.24, 2.45) is 11.8 Å². The number of allylic oxidation sites excluding steroid dienone is 12. The monoisotopic (exact) mass is 635 g/mol. The van der Waals surface area contributed by atoms with Gasteiger partial charge in [-0.2, -0.15) is 0 Å². The van der Waals surface area contributed by atoms with Gasteiger partial charge in [0.15, 0.2) is 0 Å². The van der Waals surface area contributed by atoms with E-state index in [0.29, 0.717) is 26.3 Å². The van der Waals surface area contributed by atoms with E-state index < -0.39 is 0 Å². The molecule has 0 heterocycles. The highest BCUT2D eigenvalue weighted by Gasteiger charge is 2.24. The summed E-state index contributed by atoms with van der Waals surface area (Å²) in [4.78, 5) is 27.3. The Morgan fingerprint density at radius 1 is 0.674 bits per heavy atom. The highest BCUT2D eigenvalue weighted by atomic mass is 16.5. The fourth-order valence-electron chi connectivity index (χ4n) is 6.00. The molecule has 5 nitrogen and oxygen atoms in total. The molecule has 2 rings (SSSR count). The number of likely N-dealkylation sites (N-methyl/N-ethyl adjacent to an activating group) is 1. The predicted octanol–water partition coefficient (Wildman–Crippen LogP) is 10.4. The van der Waals surface area contributed by atoms with Crippen molar-refractivity contribution < 1.29 is 19.1 Å². The molecule has 258 valence electrons. The normalized spacial score (nSPS) is 18.9. The number of esters is 2. The zero-order chi connectivity index (χ0) is 33.7. The van der Waals surface area contributed by atoms with Crippen LogP contribution in [0.4, 0.5) is 0 Å². The summed E-state index contributed by atoms with van der Waals surface area (Å²) >= 11 is 0. The molecule has 0 N–H and O–H groups in total. The van der Waals surface area contributed by atoms with Crippen LogP contribution in [0.25, 0.3) is 0 Å². The van der Waals surface area contributed by atoms with Crippen molar-refractivity contribution in [1.82, 2.24) is 4.90 Å². The molecule has 2 aliphatic carbocycles. The summed E-state index contributed by atoms with van der Waals surface area (Å²) in [6.07, 6.45) is 28.0. The van der Waals surface area contributed by atoms with Crippen LogP contribution in [0.3, 0.4) is 0 Å². The van der Waals surface area contributed by atoms with Crippen LogP contribution in [0, 0.1) is 11.8 Å². The van der Waals surface area contributed by atoms with Crippen LogP contribution in [0.5, 0.6) is 0 Å². The SMILES string of the molecule is CC(C)=CCC/C(C)=C/CCC1=CCC(C(=O)OCCN(C)CCOC(=O)C2CC=C(CC/C=C(\C)CCC=C(C)C)CC2)CC1. The number of carbonyl (C=O) groups is 2. The molecule has 2 atom stereocenters. The fraction of sp³-hybridized carbons (Fsp3) is 0.659. The minimum absolute atomic E-state index is 0.0282. The molecule has 0 fully saturated rings. The van der Waals surface area contributed by atoms with Gasteiger partial charge in [0.25, 0.3) is 0 Å². The van der Waals surface area contributed by atoms with E-state index in [1.165, 1.54) is 33.4 Å². The third-order valence-corrected chi connectivity index (χ3v) is 9.21. The third-order valence-electron chi connectivity index (χ3n) is 9.21. The second-order valence-corrected chi connectivity index (χ2v) is 14.1. The molecule has 0 radical (unpaired) electrons. The van der Waals surface area contributed by atoms with E-state index in [1.807, 2.05) is 7.05 Å². The highest BCUT2D eigenvalue weighted by Crippen LogP contribution is 2.29. The van der Waals surface area contributed by atoms with Gasteiger partial charge in [-0.05, 0) is 138 Å². The molecule has 2 unspecified atom stereocenters. The molecule has 0 saturated heterocycles. The lowest BCUT2D eigenvalue weighted by Gasteiger charge is -2.23. The van der Waals surface area contributed by atoms with Crippen molar-refractivity contribution in [3.05, 3.63) is 69.9 Å². The third kappa shape index (κ3) is 17.9. The summed E-state index contributed by atoms with van der Waals surface area (Å²) in [5, 5.41) is 0. The maximum atomic E-state index is 12.6. The molecule has 0 aromatic carbocycles. The zero-order valence-electron chi connectivity index (χ0n) is 30.4. The van der Waals surface area contributed by atoms with Gasteiger partial charge in [0.1, 0.15) is 13.2 Å². The van der Waals surface area contributed by atoms with Gasteiger partial charge in [0.2, 0.25) is 0 Å². The quantitative estimate of drug-likeness (QED) is 0.0984. The molecule has 0 aromatic heterocycles. The number of rotatable bonds is 20. The van der Waals surface area contributed by atoms with Gasteiger partial charge in [-0.15, -0.1) is 0 Å². The highest BCUT2D eigenvalue weighted by molar-refractivity contribution is 5.73. The van der Waals surface area contributed by atoms with E-state index in [9.17, 15) is 9.59 Å². The van der Waals surface area contributed by atoms with Crippen molar-refractivity contribution in [1.29, 1.82) is 0 Å².